The van der Waals surface area contributed by atoms with Crippen LogP contribution in [0.2, 0.25) is 0 Å². The van der Waals surface area contributed by atoms with Crippen molar-refractivity contribution in [3.8, 4) is 40.3 Å². The third-order valence-corrected chi connectivity index (χ3v) is 5.81. The normalized spacial score (nSPS) is 24.7. The SMILES string of the molecule is COc1ncnc(-c2ccc(-c3ccc(O[C@H]4[C@H]5CC[C@H](NC5)[C@H]4F)nn3)c(O)c2)n1. The van der Waals surface area contributed by atoms with Gasteiger partial charge in [0, 0.05) is 35.7 Å². The van der Waals surface area contributed by atoms with Crippen molar-refractivity contribution in [2.24, 2.45) is 5.92 Å². The van der Waals surface area contributed by atoms with E-state index in [0.717, 1.165) is 19.4 Å². The fraction of sp³-hybridized carbons (Fsp3) is 0.381. The monoisotopic (exact) mass is 424 g/mol. The maximum atomic E-state index is 14.6. The lowest BCUT2D eigenvalue weighted by molar-refractivity contribution is -0.0353. The predicted octanol–water partition coefficient (Wildman–Crippen LogP) is 2.18. The van der Waals surface area contributed by atoms with Crippen molar-refractivity contribution in [3.63, 3.8) is 0 Å². The van der Waals surface area contributed by atoms with Crippen LogP contribution in [0.1, 0.15) is 12.8 Å². The summed E-state index contributed by atoms with van der Waals surface area (Å²) in [5.41, 5.74) is 1.56. The zero-order valence-corrected chi connectivity index (χ0v) is 16.8. The highest BCUT2D eigenvalue weighted by molar-refractivity contribution is 5.71. The number of phenols is 1. The first-order chi connectivity index (χ1) is 15.1. The highest BCUT2D eigenvalue weighted by atomic mass is 19.1. The second kappa shape index (κ2) is 8.03. The molecule has 2 aromatic heterocycles. The molecule has 6 rings (SSSR count). The molecule has 2 bridgehead atoms. The number of halogens is 1. The van der Waals surface area contributed by atoms with E-state index < -0.39 is 12.3 Å². The van der Waals surface area contributed by atoms with Gasteiger partial charge in [-0.3, -0.25) is 0 Å². The zero-order valence-electron chi connectivity index (χ0n) is 16.8. The van der Waals surface area contributed by atoms with Gasteiger partial charge in [-0.1, -0.05) is 6.07 Å². The molecule has 2 N–H and O–H groups in total. The summed E-state index contributed by atoms with van der Waals surface area (Å²) in [5, 5.41) is 22.0. The highest BCUT2D eigenvalue weighted by Gasteiger charge is 2.45. The number of methoxy groups -OCH3 is 1. The molecule has 2 aliphatic heterocycles. The van der Waals surface area contributed by atoms with E-state index in [0.29, 0.717) is 22.6 Å². The number of alkyl halides is 1. The maximum Gasteiger partial charge on any atom is 0.319 e. The molecular weight excluding hydrogens is 403 g/mol. The summed E-state index contributed by atoms with van der Waals surface area (Å²) in [7, 11) is 1.47. The average molecular weight is 424 g/mol. The molecule has 4 heterocycles. The third-order valence-electron chi connectivity index (χ3n) is 5.81. The van der Waals surface area contributed by atoms with Gasteiger partial charge < -0.3 is 19.9 Å². The molecule has 0 spiro atoms. The largest absolute Gasteiger partial charge is 0.507 e. The van der Waals surface area contributed by atoms with Crippen molar-refractivity contribution in [3.05, 3.63) is 36.7 Å². The molecule has 2 saturated heterocycles. The van der Waals surface area contributed by atoms with Gasteiger partial charge in [-0.25, -0.2) is 9.37 Å². The molecule has 1 aliphatic carbocycles. The fourth-order valence-electron chi connectivity index (χ4n) is 4.17. The van der Waals surface area contributed by atoms with Crippen LogP contribution in [0.25, 0.3) is 22.6 Å². The van der Waals surface area contributed by atoms with Crippen LogP contribution in [0.4, 0.5) is 4.39 Å². The first-order valence-corrected chi connectivity index (χ1v) is 10.1. The number of rotatable bonds is 5. The Morgan fingerprint density at radius 2 is 2.03 bits per heavy atom. The Bertz CT molecular complexity index is 1070. The van der Waals surface area contributed by atoms with Gasteiger partial charge in [0.25, 0.3) is 0 Å². The number of phenolic OH excluding ortho intramolecular Hbond substituents is 1. The zero-order chi connectivity index (χ0) is 21.4. The standard InChI is InChI=1S/C21H21FN6O3/c1-30-21-25-10-24-20(26-21)11-2-4-13(16(29)8-11)14-6-7-17(28-27-14)31-19-12-3-5-15(18(19)22)23-9-12/h2,4,6-8,10,12,15,18-19,23,29H,3,5,9H2,1H3/t12-,15-,18+,19-/m0/s1. The van der Waals surface area contributed by atoms with Crippen molar-refractivity contribution in [2.45, 2.75) is 31.2 Å². The molecule has 3 fully saturated rings. The van der Waals surface area contributed by atoms with Gasteiger partial charge in [-0.05, 0) is 31.0 Å². The van der Waals surface area contributed by atoms with Gasteiger partial charge in [0.1, 0.15) is 18.2 Å². The number of ether oxygens (including phenoxy) is 2. The van der Waals surface area contributed by atoms with E-state index in [1.54, 1.807) is 24.3 Å². The van der Waals surface area contributed by atoms with Gasteiger partial charge in [-0.2, -0.15) is 9.97 Å². The van der Waals surface area contributed by atoms with Crippen LogP contribution in [0.15, 0.2) is 36.7 Å². The Labute approximate surface area is 177 Å². The number of nitrogens with zero attached hydrogens (tertiary/aromatic N) is 5. The maximum absolute atomic E-state index is 14.6. The summed E-state index contributed by atoms with van der Waals surface area (Å²) in [5.74, 6) is 0.782. The Hall–Kier alpha value is -3.40. The molecule has 4 atom stereocenters. The van der Waals surface area contributed by atoms with E-state index in [4.69, 9.17) is 9.47 Å². The number of nitrogens with one attached hydrogen (secondary N) is 1. The minimum Gasteiger partial charge on any atom is -0.507 e. The van der Waals surface area contributed by atoms with Gasteiger partial charge in [-0.15, -0.1) is 10.2 Å². The summed E-state index contributed by atoms with van der Waals surface area (Å²) in [6, 6.07) is 8.37. The minimum absolute atomic E-state index is 0.000616. The van der Waals surface area contributed by atoms with E-state index in [-0.39, 0.29) is 29.6 Å². The van der Waals surface area contributed by atoms with E-state index in [1.807, 2.05) is 0 Å². The van der Waals surface area contributed by atoms with Crippen LogP contribution >= 0.6 is 0 Å². The summed E-state index contributed by atoms with van der Waals surface area (Å²) < 4.78 is 25.4. The summed E-state index contributed by atoms with van der Waals surface area (Å²) in [6.07, 6.45) is 1.56. The average Bonchev–Trinajstić information content (AvgIpc) is 2.82. The molecule has 0 unspecified atom stereocenters. The van der Waals surface area contributed by atoms with E-state index in [1.165, 1.54) is 19.5 Å². The van der Waals surface area contributed by atoms with Crippen LogP contribution < -0.4 is 14.8 Å². The molecule has 31 heavy (non-hydrogen) atoms. The van der Waals surface area contributed by atoms with E-state index in [9.17, 15) is 9.50 Å². The molecule has 9 nitrogen and oxygen atoms in total. The lowest BCUT2D eigenvalue weighted by Gasteiger charge is -2.44. The molecule has 0 amide bonds. The number of piperidine rings is 2. The summed E-state index contributed by atoms with van der Waals surface area (Å²) in [4.78, 5) is 12.1. The molecular formula is C21H21FN6O3. The number of hydrogen-bond acceptors (Lipinski definition) is 9. The number of aromatic hydroxyl groups is 1. The van der Waals surface area contributed by atoms with Crippen molar-refractivity contribution < 1.29 is 19.0 Å². The lowest BCUT2D eigenvalue weighted by atomic mass is 9.78. The topological polar surface area (TPSA) is 115 Å². The Morgan fingerprint density at radius 1 is 1.13 bits per heavy atom. The van der Waals surface area contributed by atoms with Crippen LogP contribution in [0, 0.1) is 5.92 Å². The second-order valence-corrected chi connectivity index (χ2v) is 7.66. The third kappa shape index (κ3) is 3.74. The molecule has 3 aliphatic rings. The molecule has 10 heteroatoms. The van der Waals surface area contributed by atoms with Crippen molar-refractivity contribution in [1.29, 1.82) is 0 Å². The van der Waals surface area contributed by atoms with Crippen LogP contribution in [-0.2, 0) is 0 Å². The first-order valence-electron chi connectivity index (χ1n) is 10.1. The van der Waals surface area contributed by atoms with Gasteiger partial charge in [0.2, 0.25) is 5.88 Å². The van der Waals surface area contributed by atoms with Crippen LogP contribution in [0.3, 0.4) is 0 Å². The first kappa shape index (κ1) is 19.6. The van der Waals surface area contributed by atoms with Crippen LogP contribution in [-0.4, -0.2) is 62.2 Å². The highest BCUT2D eigenvalue weighted by Crippen LogP contribution is 2.35. The predicted molar refractivity (Wildman–Crippen MR) is 108 cm³/mol. The second-order valence-electron chi connectivity index (χ2n) is 7.66. The quantitative estimate of drug-likeness (QED) is 0.636. The molecule has 3 aromatic rings. The number of benzene rings is 1. The van der Waals surface area contributed by atoms with E-state index in [2.05, 4.69) is 30.5 Å². The Morgan fingerprint density at radius 3 is 2.71 bits per heavy atom. The van der Waals surface area contributed by atoms with Crippen molar-refractivity contribution in [2.75, 3.05) is 13.7 Å². The molecule has 1 saturated carbocycles. The molecule has 0 radical (unpaired) electrons. The summed E-state index contributed by atoms with van der Waals surface area (Å²) in [6.45, 7) is 0.758. The van der Waals surface area contributed by atoms with Crippen molar-refractivity contribution in [1.82, 2.24) is 30.5 Å². The Balaban J connectivity index is 1.34. The number of hydrogen-bond donors (Lipinski definition) is 2. The molecule has 160 valence electrons. The van der Waals surface area contributed by atoms with Gasteiger partial charge in [0.15, 0.2) is 12.0 Å². The smallest absolute Gasteiger partial charge is 0.319 e. The van der Waals surface area contributed by atoms with E-state index >= 15 is 0 Å². The van der Waals surface area contributed by atoms with Crippen LogP contribution in [0.5, 0.6) is 17.6 Å². The van der Waals surface area contributed by atoms with Gasteiger partial charge in [0.05, 0.1) is 12.8 Å². The molecule has 1 aromatic carbocycles. The lowest BCUT2D eigenvalue weighted by Crippen LogP contribution is -2.61. The number of fused-ring (bicyclic) bond motifs is 3. The summed E-state index contributed by atoms with van der Waals surface area (Å²) >= 11 is 0. The fourth-order valence-corrected chi connectivity index (χ4v) is 4.17. The Kier molecular flexibility index (Phi) is 5.06. The van der Waals surface area contributed by atoms with Crippen molar-refractivity contribution >= 4 is 0 Å². The van der Waals surface area contributed by atoms with Gasteiger partial charge >= 0.3 is 6.01 Å². The minimum atomic E-state index is -1.06. The number of aromatic nitrogens is 5.